The zero-order chi connectivity index (χ0) is 37.0. The molecule has 0 aromatic carbocycles. The van der Waals surface area contributed by atoms with Crippen LogP contribution in [0.5, 0.6) is 0 Å². The Kier molecular flexibility index (Phi) is 34.7. The topological polar surface area (TPSA) is 91.3 Å². The predicted octanol–water partition coefficient (Wildman–Crippen LogP) is 11.9. The molecule has 0 bridgehead atoms. The largest absolute Gasteiger partial charge is 0.472 e. The Morgan fingerprint density at radius 3 is 1.60 bits per heavy atom. The Balaban J connectivity index is 4.16. The SMILES string of the molecule is CCC/C=C\CCCCCCCC(=O)OC(COCCCCCCCCCCCCCCCCCCCC)COP(=O)(O)OCC[N+](C)(C)C. The minimum absolute atomic E-state index is 0.0899. The summed E-state index contributed by atoms with van der Waals surface area (Å²) in [7, 11) is 1.67. The fourth-order valence-corrected chi connectivity index (χ4v) is 6.53. The average Bonchev–Trinajstić information content (AvgIpc) is 3.06. The first-order valence-corrected chi connectivity index (χ1v) is 22.4. The Morgan fingerprint density at radius 1 is 0.600 bits per heavy atom. The summed E-state index contributed by atoms with van der Waals surface area (Å²) in [6, 6.07) is 0. The van der Waals surface area contributed by atoms with E-state index in [0.717, 1.165) is 51.4 Å². The van der Waals surface area contributed by atoms with Gasteiger partial charge in [-0.1, -0.05) is 161 Å². The van der Waals surface area contributed by atoms with Gasteiger partial charge >= 0.3 is 13.8 Å². The number of likely N-dealkylation sites (N-methyl/N-ethyl adjacent to an activating group) is 1. The number of phosphoric acid groups is 1. The van der Waals surface area contributed by atoms with Crippen LogP contribution in [0.3, 0.4) is 0 Å². The van der Waals surface area contributed by atoms with Crippen molar-refractivity contribution < 1.29 is 37.3 Å². The van der Waals surface area contributed by atoms with E-state index in [1.54, 1.807) is 0 Å². The molecule has 8 nitrogen and oxygen atoms in total. The zero-order valence-corrected chi connectivity index (χ0v) is 34.5. The van der Waals surface area contributed by atoms with E-state index in [-0.39, 0.29) is 25.8 Å². The smallest absolute Gasteiger partial charge is 0.457 e. The molecule has 50 heavy (non-hydrogen) atoms. The molecule has 0 amide bonds. The van der Waals surface area contributed by atoms with Gasteiger partial charge in [-0.05, 0) is 32.1 Å². The lowest BCUT2D eigenvalue weighted by molar-refractivity contribution is -0.870. The fraction of sp³-hybridized carbons (Fsp3) is 0.927. The van der Waals surface area contributed by atoms with Crippen LogP contribution in [-0.2, 0) is 27.9 Å². The Hall–Kier alpha value is -0.760. The minimum Gasteiger partial charge on any atom is -0.457 e. The first-order valence-electron chi connectivity index (χ1n) is 20.9. The number of unbranched alkanes of at least 4 members (excludes halogenated alkanes) is 23. The first-order chi connectivity index (χ1) is 24.1. The normalized spacial score (nSPS) is 14.0. The lowest BCUT2D eigenvalue weighted by Crippen LogP contribution is -2.37. The second-order valence-electron chi connectivity index (χ2n) is 15.4. The number of carbonyl (C=O) groups is 1. The van der Waals surface area contributed by atoms with Crippen molar-refractivity contribution in [2.75, 3.05) is 54.1 Å². The molecule has 298 valence electrons. The third kappa shape index (κ3) is 38.5. The highest BCUT2D eigenvalue weighted by atomic mass is 31.2. The molecule has 0 aliphatic heterocycles. The highest BCUT2D eigenvalue weighted by molar-refractivity contribution is 7.47. The van der Waals surface area contributed by atoms with Gasteiger partial charge in [0.2, 0.25) is 0 Å². The van der Waals surface area contributed by atoms with Crippen molar-refractivity contribution in [2.24, 2.45) is 0 Å². The number of carbonyl (C=O) groups excluding carboxylic acids is 1. The van der Waals surface area contributed by atoms with Crippen LogP contribution in [0, 0.1) is 0 Å². The lowest BCUT2D eigenvalue weighted by Gasteiger charge is -2.24. The summed E-state index contributed by atoms with van der Waals surface area (Å²) in [5.41, 5.74) is 0. The van der Waals surface area contributed by atoms with Crippen molar-refractivity contribution in [3.05, 3.63) is 12.2 Å². The summed E-state index contributed by atoms with van der Waals surface area (Å²) in [6.45, 7) is 5.58. The molecule has 2 unspecified atom stereocenters. The van der Waals surface area contributed by atoms with Crippen molar-refractivity contribution >= 4 is 13.8 Å². The van der Waals surface area contributed by atoms with Crippen LogP contribution in [0.1, 0.15) is 187 Å². The molecule has 0 saturated heterocycles. The summed E-state index contributed by atoms with van der Waals surface area (Å²) < 4.78 is 34.9. The number of esters is 1. The summed E-state index contributed by atoms with van der Waals surface area (Å²) in [5.74, 6) is -0.323. The number of rotatable bonds is 39. The Morgan fingerprint density at radius 2 is 1.08 bits per heavy atom. The van der Waals surface area contributed by atoms with Gasteiger partial charge in [-0.3, -0.25) is 13.8 Å². The van der Waals surface area contributed by atoms with Crippen LogP contribution in [0.15, 0.2) is 12.2 Å². The van der Waals surface area contributed by atoms with Crippen LogP contribution in [0.2, 0.25) is 0 Å². The number of nitrogens with zero attached hydrogens (tertiary/aromatic N) is 1. The second-order valence-corrected chi connectivity index (χ2v) is 16.8. The molecule has 0 aromatic rings. The van der Waals surface area contributed by atoms with Crippen molar-refractivity contribution in [2.45, 2.75) is 193 Å². The molecular weight excluding hydrogens is 649 g/mol. The number of allylic oxidation sites excluding steroid dienone is 2. The zero-order valence-electron chi connectivity index (χ0n) is 33.7. The maximum Gasteiger partial charge on any atom is 0.472 e. The molecule has 0 fully saturated rings. The fourth-order valence-electron chi connectivity index (χ4n) is 5.79. The van der Waals surface area contributed by atoms with E-state index in [1.807, 2.05) is 21.1 Å². The summed E-state index contributed by atoms with van der Waals surface area (Å²) in [5, 5.41) is 0. The highest BCUT2D eigenvalue weighted by Crippen LogP contribution is 2.43. The van der Waals surface area contributed by atoms with E-state index in [0.29, 0.717) is 24.1 Å². The maximum atomic E-state index is 12.6. The van der Waals surface area contributed by atoms with Crippen LogP contribution in [-0.4, -0.2) is 75.6 Å². The summed E-state index contributed by atoms with van der Waals surface area (Å²) in [6.07, 6.45) is 36.7. The van der Waals surface area contributed by atoms with Gasteiger partial charge in [-0.15, -0.1) is 0 Å². The predicted molar refractivity (Wildman–Crippen MR) is 210 cm³/mol. The third-order valence-electron chi connectivity index (χ3n) is 9.06. The van der Waals surface area contributed by atoms with Crippen molar-refractivity contribution in [3.8, 4) is 0 Å². The number of ether oxygens (including phenoxy) is 2. The van der Waals surface area contributed by atoms with Gasteiger partial charge in [0.25, 0.3) is 0 Å². The van der Waals surface area contributed by atoms with Crippen molar-refractivity contribution in [3.63, 3.8) is 0 Å². The molecule has 0 aromatic heterocycles. The maximum absolute atomic E-state index is 12.6. The molecule has 0 rings (SSSR count). The van der Waals surface area contributed by atoms with Crippen LogP contribution < -0.4 is 0 Å². The van der Waals surface area contributed by atoms with E-state index < -0.39 is 13.9 Å². The molecule has 9 heteroatoms. The Bertz CT molecular complexity index is 817. The molecule has 0 spiro atoms. The van der Waals surface area contributed by atoms with Gasteiger partial charge in [-0.2, -0.15) is 0 Å². The highest BCUT2D eigenvalue weighted by Gasteiger charge is 2.26. The van der Waals surface area contributed by atoms with Crippen LogP contribution >= 0.6 is 7.82 Å². The molecule has 0 aliphatic carbocycles. The molecule has 2 atom stereocenters. The summed E-state index contributed by atoms with van der Waals surface area (Å²) in [4.78, 5) is 22.8. The van der Waals surface area contributed by atoms with E-state index in [2.05, 4.69) is 26.0 Å². The second kappa shape index (κ2) is 35.3. The van der Waals surface area contributed by atoms with Gasteiger partial charge in [0.05, 0.1) is 34.4 Å². The molecule has 0 radical (unpaired) electrons. The van der Waals surface area contributed by atoms with E-state index >= 15 is 0 Å². The van der Waals surface area contributed by atoms with Gasteiger partial charge in [0.15, 0.2) is 0 Å². The quantitative estimate of drug-likeness (QED) is 0.0221. The number of hydrogen-bond donors (Lipinski definition) is 1. The third-order valence-corrected chi connectivity index (χ3v) is 10.0. The number of hydrogen-bond acceptors (Lipinski definition) is 6. The van der Waals surface area contributed by atoms with Crippen molar-refractivity contribution in [1.82, 2.24) is 0 Å². The Labute approximate surface area is 310 Å². The number of quaternary nitrogens is 1. The molecule has 1 N–H and O–H groups in total. The van der Waals surface area contributed by atoms with Crippen molar-refractivity contribution in [1.29, 1.82) is 0 Å². The van der Waals surface area contributed by atoms with Gasteiger partial charge in [-0.25, -0.2) is 4.57 Å². The van der Waals surface area contributed by atoms with Crippen LogP contribution in [0.4, 0.5) is 0 Å². The molecule has 0 heterocycles. The van der Waals surface area contributed by atoms with E-state index in [1.165, 1.54) is 116 Å². The van der Waals surface area contributed by atoms with E-state index in [4.69, 9.17) is 18.5 Å². The molecular formula is C41H83NO7P+. The van der Waals surface area contributed by atoms with Gasteiger partial charge in [0.1, 0.15) is 19.3 Å². The standard InChI is InChI=1S/C41H82NO7P/c1-6-8-10-12-14-16-18-19-20-21-22-23-24-25-27-29-31-33-36-46-38-40(39-48-50(44,45)47-37-35-42(3,4)5)49-41(43)34-32-30-28-26-17-15-13-11-9-7-2/h11,13,40H,6-10,12,14-39H2,1-5H3/p+1/b13-11-. The average molecular weight is 733 g/mol. The molecule has 0 aliphatic rings. The minimum atomic E-state index is -4.26. The monoisotopic (exact) mass is 733 g/mol. The molecule has 0 saturated carbocycles. The van der Waals surface area contributed by atoms with E-state index in [9.17, 15) is 14.3 Å². The first kappa shape index (κ1) is 49.2. The lowest BCUT2D eigenvalue weighted by atomic mass is 10.0. The van der Waals surface area contributed by atoms with Gasteiger partial charge < -0.3 is 18.9 Å². The number of phosphoric ester groups is 1. The van der Waals surface area contributed by atoms with Crippen LogP contribution in [0.25, 0.3) is 0 Å². The summed E-state index contributed by atoms with van der Waals surface area (Å²) >= 11 is 0. The van der Waals surface area contributed by atoms with Gasteiger partial charge in [0, 0.05) is 13.0 Å².